The fourth-order valence-corrected chi connectivity index (χ4v) is 3.80. The van der Waals surface area contributed by atoms with Crippen LogP contribution in [-0.2, 0) is 0 Å². The summed E-state index contributed by atoms with van der Waals surface area (Å²) >= 11 is 0. The lowest BCUT2D eigenvalue weighted by molar-refractivity contribution is 0.351. The molecule has 2 saturated carbocycles. The smallest absolute Gasteiger partial charge is 0.222 e. The number of rotatable bonds is 8. The highest BCUT2D eigenvalue weighted by atomic mass is 16.5. The first-order chi connectivity index (χ1) is 17.0. The van der Waals surface area contributed by atoms with Crippen LogP contribution in [0, 0.1) is 0 Å². The summed E-state index contributed by atoms with van der Waals surface area (Å²) in [5.74, 6) is 5.49. The second kappa shape index (κ2) is 10.6. The summed E-state index contributed by atoms with van der Waals surface area (Å²) < 4.78 is 27.0. The summed E-state index contributed by atoms with van der Waals surface area (Å²) in [6.45, 7) is 0. The number of methoxy groups -OCH3 is 4. The van der Waals surface area contributed by atoms with Crippen molar-refractivity contribution in [1.29, 1.82) is 0 Å². The number of aromatic nitrogens is 2. The Morgan fingerprint density at radius 1 is 0.686 bits per heavy atom. The maximum atomic E-state index is 5.90. The molecule has 0 atom stereocenters. The van der Waals surface area contributed by atoms with E-state index in [4.69, 9.17) is 35.2 Å². The molecule has 9 heteroatoms. The van der Waals surface area contributed by atoms with Gasteiger partial charge in [0, 0.05) is 11.6 Å². The van der Waals surface area contributed by atoms with E-state index in [1.165, 1.54) is 24.6 Å². The molecule has 2 aliphatic carbocycles. The molecule has 5 rings (SSSR count). The molecule has 0 saturated heterocycles. The monoisotopic (exact) mass is 480 g/mol. The number of anilines is 2. The Morgan fingerprint density at radius 3 is 1.86 bits per heavy atom. The van der Waals surface area contributed by atoms with Crippen molar-refractivity contribution in [2.75, 3.05) is 39.9 Å². The van der Waals surface area contributed by atoms with E-state index < -0.39 is 0 Å². The van der Waals surface area contributed by atoms with Gasteiger partial charge in [-0.1, -0.05) is 6.07 Å². The van der Waals surface area contributed by atoms with Gasteiger partial charge in [-0.15, -0.1) is 0 Å². The van der Waals surface area contributed by atoms with Crippen LogP contribution in [0.25, 0.3) is 0 Å². The van der Waals surface area contributed by atoms with Crippen molar-refractivity contribution in [2.45, 2.75) is 37.5 Å². The standard InChI is InChI=1S/C15H18N4O3.C11H14O2/c1-20-11-5-9(8-3-4-8)10(6-12(11)21-2)22-13-7-18-15(17)19-14(13)16;1-12-10-6-5-9(8-3-4-8)7-11(10)13-2/h5-8H,3-4H2,1-2H3,(H4,16,17,18,19);5-8H,3-4H2,1-2H3. The number of hydrogen-bond acceptors (Lipinski definition) is 9. The number of nitrogens with two attached hydrogens (primary N) is 2. The Balaban J connectivity index is 0.000000189. The highest BCUT2D eigenvalue weighted by molar-refractivity contribution is 5.56. The van der Waals surface area contributed by atoms with Crippen LogP contribution in [0.2, 0.25) is 0 Å². The molecule has 9 nitrogen and oxygen atoms in total. The van der Waals surface area contributed by atoms with Crippen molar-refractivity contribution in [3.63, 3.8) is 0 Å². The van der Waals surface area contributed by atoms with Crippen LogP contribution >= 0.6 is 0 Å². The lowest BCUT2D eigenvalue weighted by Crippen LogP contribution is -2.02. The number of benzene rings is 2. The lowest BCUT2D eigenvalue weighted by Gasteiger charge is -2.15. The van der Waals surface area contributed by atoms with Crippen LogP contribution < -0.4 is 35.2 Å². The summed E-state index contributed by atoms with van der Waals surface area (Å²) in [6.07, 6.45) is 6.34. The van der Waals surface area contributed by atoms with E-state index in [1.54, 1.807) is 34.5 Å². The Morgan fingerprint density at radius 2 is 1.29 bits per heavy atom. The summed E-state index contributed by atoms with van der Waals surface area (Å²) in [6, 6.07) is 9.92. The highest BCUT2D eigenvalue weighted by Gasteiger charge is 2.29. The van der Waals surface area contributed by atoms with Crippen LogP contribution in [0.1, 0.15) is 48.6 Å². The van der Waals surface area contributed by atoms with Crippen molar-refractivity contribution in [3.8, 4) is 34.5 Å². The van der Waals surface area contributed by atoms with E-state index in [2.05, 4.69) is 22.1 Å². The quantitative estimate of drug-likeness (QED) is 0.463. The zero-order valence-corrected chi connectivity index (χ0v) is 20.5. The zero-order valence-electron chi connectivity index (χ0n) is 20.5. The van der Waals surface area contributed by atoms with Gasteiger partial charge in [-0.05, 0) is 61.3 Å². The fraction of sp³-hybridized carbons (Fsp3) is 0.385. The van der Waals surface area contributed by atoms with E-state index in [0.717, 1.165) is 35.8 Å². The molecule has 35 heavy (non-hydrogen) atoms. The van der Waals surface area contributed by atoms with Crippen molar-refractivity contribution in [2.24, 2.45) is 0 Å². The number of ether oxygens (including phenoxy) is 5. The molecule has 0 amide bonds. The van der Waals surface area contributed by atoms with E-state index in [-0.39, 0.29) is 11.8 Å². The molecule has 2 aromatic carbocycles. The second-order valence-electron chi connectivity index (χ2n) is 8.49. The molecule has 0 bridgehead atoms. The van der Waals surface area contributed by atoms with Crippen molar-refractivity contribution < 1.29 is 23.7 Å². The van der Waals surface area contributed by atoms with Gasteiger partial charge < -0.3 is 35.2 Å². The van der Waals surface area contributed by atoms with Crippen LogP contribution in [-0.4, -0.2) is 38.4 Å². The molecule has 3 aromatic rings. The Bertz CT molecular complexity index is 1180. The topological polar surface area (TPSA) is 124 Å². The maximum Gasteiger partial charge on any atom is 0.222 e. The van der Waals surface area contributed by atoms with E-state index in [1.807, 2.05) is 12.1 Å². The second-order valence-corrected chi connectivity index (χ2v) is 8.49. The third kappa shape index (κ3) is 5.79. The molecule has 1 aromatic heterocycles. The summed E-state index contributed by atoms with van der Waals surface area (Å²) in [4.78, 5) is 7.81. The minimum Gasteiger partial charge on any atom is -0.493 e. The van der Waals surface area contributed by atoms with E-state index in [0.29, 0.717) is 28.9 Å². The first-order valence-corrected chi connectivity index (χ1v) is 11.5. The Kier molecular flexibility index (Phi) is 7.33. The van der Waals surface area contributed by atoms with Crippen LogP contribution in [0.3, 0.4) is 0 Å². The highest BCUT2D eigenvalue weighted by Crippen LogP contribution is 2.49. The minimum atomic E-state index is 0.111. The average molecular weight is 481 g/mol. The third-order valence-electron chi connectivity index (χ3n) is 6.01. The molecule has 2 fully saturated rings. The predicted molar refractivity (Wildman–Crippen MR) is 134 cm³/mol. The number of hydrogen-bond donors (Lipinski definition) is 2. The van der Waals surface area contributed by atoms with Crippen molar-refractivity contribution in [3.05, 3.63) is 47.7 Å². The zero-order chi connectivity index (χ0) is 24.9. The van der Waals surface area contributed by atoms with Crippen molar-refractivity contribution >= 4 is 11.8 Å². The molecular formula is C26H32N4O5. The molecule has 0 radical (unpaired) electrons. The van der Waals surface area contributed by atoms with Gasteiger partial charge in [0.05, 0.1) is 34.6 Å². The van der Waals surface area contributed by atoms with Gasteiger partial charge >= 0.3 is 0 Å². The van der Waals surface area contributed by atoms with Crippen LogP contribution in [0.4, 0.5) is 11.8 Å². The average Bonchev–Trinajstić information content (AvgIpc) is 3.78. The van der Waals surface area contributed by atoms with Crippen LogP contribution in [0.15, 0.2) is 36.5 Å². The van der Waals surface area contributed by atoms with Crippen LogP contribution in [0.5, 0.6) is 34.5 Å². The SMILES string of the molecule is COc1cc(Oc2cnc(N)nc2N)c(C2CC2)cc1OC.COc1ccc(C2CC2)cc1OC. The Hall–Kier alpha value is -3.88. The van der Waals surface area contributed by atoms with Crippen molar-refractivity contribution in [1.82, 2.24) is 9.97 Å². The van der Waals surface area contributed by atoms with Gasteiger partial charge in [0.1, 0.15) is 5.75 Å². The van der Waals surface area contributed by atoms with E-state index >= 15 is 0 Å². The first-order valence-electron chi connectivity index (χ1n) is 11.5. The maximum absolute atomic E-state index is 5.90. The summed E-state index contributed by atoms with van der Waals surface area (Å²) in [7, 11) is 6.53. The fourth-order valence-electron chi connectivity index (χ4n) is 3.80. The molecule has 4 N–H and O–H groups in total. The molecule has 1 heterocycles. The van der Waals surface area contributed by atoms with Gasteiger partial charge in [0.25, 0.3) is 0 Å². The van der Waals surface area contributed by atoms with Gasteiger partial charge in [0.2, 0.25) is 5.95 Å². The molecule has 2 aliphatic rings. The number of nitrogens with zero attached hydrogens (tertiary/aromatic N) is 2. The number of nitrogen functional groups attached to an aromatic ring is 2. The molecule has 0 spiro atoms. The largest absolute Gasteiger partial charge is 0.493 e. The predicted octanol–water partition coefficient (Wildman–Crippen LogP) is 4.91. The molecular weight excluding hydrogens is 448 g/mol. The van der Waals surface area contributed by atoms with Gasteiger partial charge in [-0.3, -0.25) is 0 Å². The van der Waals surface area contributed by atoms with Gasteiger partial charge in [-0.25, -0.2) is 4.98 Å². The van der Waals surface area contributed by atoms with Gasteiger partial charge in [-0.2, -0.15) is 4.98 Å². The van der Waals surface area contributed by atoms with E-state index in [9.17, 15) is 0 Å². The van der Waals surface area contributed by atoms with Gasteiger partial charge in [0.15, 0.2) is 34.6 Å². The molecule has 0 unspecified atom stereocenters. The molecule has 0 aliphatic heterocycles. The lowest BCUT2D eigenvalue weighted by atomic mass is 10.1. The summed E-state index contributed by atoms with van der Waals surface area (Å²) in [5, 5.41) is 0. The third-order valence-corrected chi connectivity index (χ3v) is 6.01. The Labute approximate surface area is 205 Å². The normalized spacial score (nSPS) is 14.4. The molecule has 186 valence electrons. The summed E-state index contributed by atoms with van der Waals surface area (Å²) in [5.41, 5.74) is 13.8. The minimum absolute atomic E-state index is 0.111. The first kappa shape index (κ1) is 24.3.